The fraction of sp³-hybridized carbons (Fsp3) is 0.826. The van der Waals surface area contributed by atoms with Crippen molar-refractivity contribution in [1.29, 1.82) is 0 Å². The SMILES string of the molecule is C.C.C.C.C.C=C[Si](C)(C)O[Si](C)(C)O[Si](C)(O[Si](C)(C)C=C)C1CC2CCC1C2.[2H][2H].[2H][2H]. The van der Waals surface area contributed by atoms with Crippen LogP contribution in [0.4, 0.5) is 0 Å². The van der Waals surface area contributed by atoms with Gasteiger partial charge in [0, 0.05) is 11.5 Å². The van der Waals surface area contributed by atoms with Crippen molar-refractivity contribution in [1.82, 2.24) is 0 Å². The van der Waals surface area contributed by atoms with Crippen LogP contribution in [0.5, 0.6) is 0 Å². The monoisotopic (exact) mass is 502 g/mol. The van der Waals surface area contributed by atoms with Gasteiger partial charge in [-0.05, 0) is 70.5 Å². The van der Waals surface area contributed by atoms with Crippen molar-refractivity contribution in [2.24, 2.45) is 11.8 Å². The van der Waals surface area contributed by atoms with Gasteiger partial charge in [0.1, 0.15) is 0 Å². The Bertz CT molecular complexity index is 540. The Hall–Kier alpha value is 0.228. The average Bonchev–Trinajstić information content (AvgIpc) is 3.27. The lowest BCUT2D eigenvalue weighted by molar-refractivity contribution is 0.290. The molecular formula is C23H62O3Si4. The first-order chi connectivity index (χ1) is 13.3. The summed E-state index contributed by atoms with van der Waals surface area (Å²) >= 11 is 0. The summed E-state index contributed by atoms with van der Waals surface area (Å²) in [6.07, 6.45) is 5.44. The van der Waals surface area contributed by atoms with E-state index < -0.39 is 33.8 Å². The van der Waals surface area contributed by atoms with Gasteiger partial charge in [-0.1, -0.05) is 61.4 Å². The third-order valence-corrected chi connectivity index (χ3v) is 21.2. The van der Waals surface area contributed by atoms with Crippen LogP contribution in [0, 0.1) is 11.8 Å². The Morgan fingerprint density at radius 3 is 1.57 bits per heavy atom. The smallest absolute Gasteiger partial charge is 0.319 e. The lowest BCUT2D eigenvalue weighted by Crippen LogP contribution is -2.60. The van der Waals surface area contributed by atoms with Crippen molar-refractivity contribution in [2.45, 2.75) is 114 Å². The summed E-state index contributed by atoms with van der Waals surface area (Å²) in [5, 5.41) is 0. The van der Waals surface area contributed by atoms with Crippen molar-refractivity contribution in [3.8, 4) is 0 Å². The minimum atomic E-state index is -2.36. The first kappa shape index (κ1) is 32.4. The largest absolute Gasteiger partial charge is 0.433 e. The average molecular weight is 503 g/mol. The fourth-order valence-corrected chi connectivity index (χ4v) is 22.8. The molecule has 0 heterocycles. The van der Waals surface area contributed by atoms with E-state index in [9.17, 15) is 0 Å². The van der Waals surface area contributed by atoms with Crippen molar-refractivity contribution >= 4 is 33.8 Å². The summed E-state index contributed by atoms with van der Waals surface area (Å²) in [4.78, 5) is 0. The van der Waals surface area contributed by atoms with E-state index in [1.54, 1.807) is 0 Å². The number of hydrogen-bond donors (Lipinski definition) is 0. The highest BCUT2D eigenvalue weighted by Gasteiger charge is 2.56. The summed E-state index contributed by atoms with van der Waals surface area (Å²) in [5.41, 5.74) is 4.67. The van der Waals surface area contributed by atoms with Crippen LogP contribution < -0.4 is 0 Å². The minimum absolute atomic E-state index is 0. The van der Waals surface area contributed by atoms with Gasteiger partial charge in [0.2, 0.25) is 0 Å². The maximum absolute atomic E-state index is 6.94. The Kier molecular flexibility index (Phi) is 14.1. The Balaban J connectivity index is -0.000000207. The molecule has 0 aromatic heterocycles. The van der Waals surface area contributed by atoms with Crippen LogP contribution in [0.15, 0.2) is 24.6 Å². The van der Waals surface area contributed by atoms with Crippen molar-refractivity contribution in [2.75, 3.05) is 0 Å². The Morgan fingerprint density at radius 2 is 1.20 bits per heavy atom. The molecule has 2 rings (SSSR count). The van der Waals surface area contributed by atoms with E-state index in [4.69, 9.17) is 18.3 Å². The molecule has 0 N–H and O–H groups in total. The van der Waals surface area contributed by atoms with Crippen LogP contribution in [0.2, 0.25) is 51.4 Å². The van der Waals surface area contributed by atoms with Crippen molar-refractivity contribution < 1.29 is 18.3 Å². The van der Waals surface area contributed by atoms with E-state index >= 15 is 0 Å². The van der Waals surface area contributed by atoms with E-state index in [-0.39, 0.29) is 37.1 Å². The molecule has 0 radical (unpaired) electrons. The summed E-state index contributed by atoms with van der Waals surface area (Å²) in [6, 6.07) is 0. The van der Waals surface area contributed by atoms with Crippen LogP contribution in [-0.2, 0) is 12.3 Å². The maximum Gasteiger partial charge on any atom is 0.319 e. The molecule has 2 fully saturated rings. The molecule has 188 valence electrons. The van der Waals surface area contributed by atoms with E-state index in [0.717, 1.165) is 11.8 Å². The second-order valence-electron chi connectivity index (χ2n) is 9.62. The van der Waals surface area contributed by atoms with Crippen molar-refractivity contribution in [3.63, 3.8) is 0 Å². The topological polar surface area (TPSA) is 27.7 Å². The molecule has 2 saturated carbocycles. The van der Waals surface area contributed by atoms with Gasteiger partial charge < -0.3 is 12.3 Å². The van der Waals surface area contributed by atoms with Gasteiger partial charge >= 0.3 is 17.1 Å². The van der Waals surface area contributed by atoms with Crippen LogP contribution in [0.1, 0.15) is 68.8 Å². The zero-order chi connectivity index (χ0) is 23.1. The number of fused-ring (bicyclic) bond motifs is 2. The quantitative estimate of drug-likeness (QED) is 0.294. The molecule has 4 unspecified atom stereocenters. The minimum Gasteiger partial charge on any atom is -0.433 e. The number of rotatable bonds is 9. The highest BCUT2D eigenvalue weighted by atomic mass is 28.5. The fourth-order valence-electron chi connectivity index (χ4n) is 4.81. The lowest BCUT2D eigenvalue weighted by atomic mass is 10.0. The second kappa shape index (κ2) is 13.1. The predicted molar refractivity (Wildman–Crippen MR) is 155 cm³/mol. The first-order valence-electron chi connectivity index (χ1n) is 11.7. The van der Waals surface area contributed by atoms with Crippen LogP contribution >= 0.6 is 0 Å². The molecule has 0 saturated heterocycles. The first-order valence-corrected chi connectivity index (χ1v) is 20.9. The van der Waals surface area contributed by atoms with Gasteiger partial charge in [0.05, 0.1) is 0 Å². The van der Waals surface area contributed by atoms with E-state index in [2.05, 4.69) is 59.0 Å². The molecule has 4 atom stereocenters. The summed E-state index contributed by atoms with van der Waals surface area (Å²) in [6.45, 7) is 23.6. The molecule has 2 aliphatic rings. The molecule has 30 heavy (non-hydrogen) atoms. The van der Waals surface area contributed by atoms with Gasteiger partial charge in [0.15, 0.2) is 16.6 Å². The van der Waals surface area contributed by atoms with E-state index in [1.165, 1.54) is 25.7 Å². The molecule has 2 aliphatic carbocycles. The molecule has 0 aliphatic heterocycles. The molecular weight excluding hydrogens is 437 g/mol. The third kappa shape index (κ3) is 9.38. The van der Waals surface area contributed by atoms with Gasteiger partial charge in [-0.15, -0.1) is 13.2 Å². The Labute approximate surface area is 202 Å². The molecule has 3 nitrogen and oxygen atoms in total. The standard InChI is InChI=1S/C18H38O3Si4.5CH4.2H2/c1-10-22(3,4)19-24(7,8)21-25(9,20-23(5,6)11-2)18-15-16-12-13-17(18)14-16;;;;;;;/h10-11,16-18H,1-2,12-15H2,3-9H3;5*1H4;2*1H/i;;;;;;2*1+1D. The summed E-state index contributed by atoms with van der Waals surface area (Å²) in [5.74, 6) is 1.69. The molecule has 0 spiro atoms. The molecule has 0 aromatic rings. The Morgan fingerprint density at radius 1 is 0.733 bits per heavy atom. The molecule has 7 heteroatoms. The van der Waals surface area contributed by atoms with Crippen LogP contribution in [-0.4, -0.2) is 33.8 Å². The van der Waals surface area contributed by atoms with Crippen molar-refractivity contribution in [3.05, 3.63) is 24.6 Å². The number of hydrogen-bond acceptors (Lipinski definition) is 3. The highest BCUT2D eigenvalue weighted by Crippen LogP contribution is 2.56. The summed E-state index contributed by atoms with van der Waals surface area (Å²) in [7, 11) is -8.44. The maximum atomic E-state index is 6.94. The third-order valence-electron chi connectivity index (χ3n) is 5.82. The zero-order valence-corrected chi connectivity index (χ0v) is 21.4. The molecule has 0 aromatic carbocycles. The lowest BCUT2D eigenvalue weighted by Gasteiger charge is -2.46. The van der Waals surface area contributed by atoms with Crippen LogP contribution in [0.3, 0.4) is 0 Å². The predicted octanol–water partition coefficient (Wildman–Crippen LogP) is 9.53. The van der Waals surface area contributed by atoms with Gasteiger partial charge in [0.25, 0.3) is 0 Å². The molecule has 2 bridgehead atoms. The normalized spacial score (nSPS) is 25.1. The highest BCUT2D eigenvalue weighted by molar-refractivity contribution is 6.92. The van der Waals surface area contributed by atoms with Gasteiger partial charge in [-0.25, -0.2) is 0 Å². The van der Waals surface area contributed by atoms with Crippen LogP contribution in [0.25, 0.3) is 0 Å². The summed E-state index contributed by atoms with van der Waals surface area (Å²) < 4.78 is 40.4. The second-order valence-corrected chi connectivity index (χ2v) is 24.9. The van der Waals surface area contributed by atoms with Gasteiger partial charge in [-0.2, -0.15) is 0 Å². The van der Waals surface area contributed by atoms with E-state index in [1.807, 2.05) is 11.4 Å². The van der Waals surface area contributed by atoms with Gasteiger partial charge in [-0.3, -0.25) is 0 Å². The molecule has 0 amide bonds. The van der Waals surface area contributed by atoms with E-state index in [0.29, 0.717) is 5.54 Å². The zero-order valence-electron chi connectivity index (χ0n) is 21.4.